The first-order valence-electron chi connectivity index (χ1n) is 17.5. The van der Waals surface area contributed by atoms with Gasteiger partial charge in [-0.1, -0.05) is 106 Å². The van der Waals surface area contributed by atoms with Crippen LogP contribution in [0.4, 0.5) is 11.4 Å². The molecule has 4 aromatic rings. The van der Waals surface area contributed by atoms with E-state index in [1.807, 2.05) is 0 Å². The van der Waals surface area contributed by atoms with Crippen LogP contribution in [0.25, 0.3) is 11.1 Å². The molecule has 0 amide bonds. The second kappa shape index (κ2) is 10.1. The number of fused-ring (bicyclic) bond motifs is 3. The molecule has 0 heterocycles. The van der Waals surface area contributed by atoms with E-state index in [4.69, 9.17) is 0 Å². The van der Waals surface area contributed by atoms with Gasteiger partial charge in [0, 0.05) is 28.4 Å². The topological polar surface area (TPSA) is 3.24 Å². The summed E-state index contributed by atoms with van der Waals surface area (Å²) in [5.74, 6) is 3.93. The number of nitrogens with zero attached hydrogens (tertiary/aromatic N) is 1. The standard InChI is InChI=1S/C44H45N/c1-43(2,3)33-15-19-37(20-16-33)45(36-17-13-32(14-18-36)31-9-5-4-6-10-31)38-21-22-42-40(28-38)39-11-7-8-12-41(39)44(42)34-24-29-23-30(26-34)27-35(44)25-29/h4-13,15-22,28-30,32,34-35H,14,23-27H2,1-3H3. The number of benzene rings is 4. The van der Waals surface area contributed by atoms with Gasteiger partial charge in [0.2, 0.25) is 0 Å². The first-order valence-corrected chi connectivity index (χ1v) is 17.5. The molecule has 10 rings (SSSR count). The lowest BCUT2D eigenvalue weighted by molar-refractivity contribution is -0.0399. The molecule has 4 fully saturated rings. The van der Waals surface area contributed by atoms with Crippen LogP contribution in [0.5, 0.6) is 0 Å². The number of rotatable bonds is 4. The zero-order chi connectivity index (χ0) is 30.3. The van der Waals surface area contributed by atoms with Crippen molar-refractivity contribution in [2.24, 2.45) is 23.7 Å². The molecule has 4 saturated carbocycles. The van der Waals surface area contributed by atoms with Crippen LogP contribution in [-0.4, -0.2) is 0 Å². The van der Waals surface area contributed by atoms with Gasteiger partial charge in [0.25, 0.3) is 0 Å². The second-order valence-electron chi connectivity index (χ2n) is 15.8. The van der Waals surface area contributed by atoms with Gasteiger partial charge in [0.05, 0.1) is 0 Å². The summed E-state index contributed by atoms with van der Waals surface area (Å²) in [6.07, 6.45) is 15.4. The smallest absolute Gasteiger partial charge is 0.0467 e. The second-order valence-corrected chi connectivity index (χ2v) is 15.8. The molecule has 1 heteroatoms. The molecular formula is C44H45N. The van der Waals surface area contributed by atoms with Crippen LogP contribution >= 0.6 is 0 Å². The van der Waals surface area contributed by atoms with Gasteiger partial charge in [-0.2, -0.15) is 0 Å². The molecule has 0 N–H and O–H groups in total. The van der Waals surface area contributed by atoms with Crippen LogP contribution in [0.3, 0.4) is 0 Å². The van der Waals surface area contributed by atoms with E-state index in [9.17, 15) is 0 Å². The molecule has 0 aliphatic heterocycles. The molecule has 226 valence electrons. The van der Waals surface area contributed by atoms with E-state index in [2.05, 4.69) is 141 Å². The highest BCUT2D eigenvalue weighted by Crippen LogP contribution is 2.69. The maximum atomic E-state index is 2.56. The molecule has 1 spiro atoms. The number of anilines is 2. The van der Waals surface area contributed by atoms with Crippen LogP contribution in [0.2, 0.25) is 0 Å². The fourth-order valence-electron chi connectivity index (χ4n) is 10.6. The van der Waals surface area contributed by atoms with Crippen LogP contribution in [0.1, 0.15) is 87.5 Å². The van der Waals surface area contributed by atoms with Crippen molar-refractivity contribution in [1.29, 1.82) is 0 Å². The van der Waals surface area contributed by atoms with Gasteiger partial charge in [-0.25, -0.2) is 0 Å². The van der Waals surface area contributed by atoms with E-state index in [0.717, 1.165) is 30.1 Å². The lowest BCUT2D eigenvalue weighted by atomic mass is 9.43. The summed E-state index contributed by atoms with van der Waals surface area (Å²) in [5.41, 5.74) is 13.1. The van der Waals surface area contributed by atoms with Crippen LogP contribution in [-0.2, 0) is 10.8 Å². The Morgan fingerprint density at radius 2 is 1.29 bits per heavy atom. The first-order chi connectivity index (χ1) is 21.9. The highest BCUT2D eigenvalue weighted by atomic mass is 15.1. The largest absolute Gasteiger partial charge is 0.311 e. The maximum Gasteiger partial charge on any atom is 0.0467 e. The number of allylic oxidation sites excluding steroid dienone is 3. The molecule has 45 heavy (non-hydrogen) atoms. The van der Waals surface area contributed by atoms with Gasteiger partial charge in [0.15, 0.2) is 0 Å². The normalized spacial score (nSPS) is 29.0. The van der Waals surface area contributed by atoms with Crippen LogP contribution < -0.4 is 4.90 Å². The summed E-state index contributed by atoms with van der Waals surface area (Å²) < 4.78 is 0. The molecule has 6 aliphatic carbocycles. The van der Waals surface area contributed by atoms with Gasteiger partial charge < -0.3 is 4.90 Å². The summed E-state index contributed by atoms with van der Waals surface area (Å²) in [7, 11) is 0. The van der Waals surface area contributed by atoms with Gasteiger partial charge in [-0.3, -0.25) is 0 Å². The Morgan fingerprint density at radius 1 is 0.644 bits per heavy atom. The minimum atomic E-state index is 0.126. The zero-order valence-electron chi connectivity index (χ0n) is 27.0. The van der Waals surface area contributed by atoms with Crippen molar-refractivity contribution in [2.45, 2.75) is 76.0 Å². The van der Waals surface area contributed by atoms with Crippen molar-refractivity contribution in [3.05, 3.63) is 143 Å². The summed E-state index contributed by atoms with van der Waals surface area (Å²) in [6, 6.07) is 37.3. The van der Waals surface area contributed by atoms with Gasteiger partial charge in [-0.05, 0) is 131 Å². The highest BCUT2D eigenvalue weighted by Gasteiger charge is 2.61. The first kappa shape index (κ1) is 27.5. The molecule has 4 aromatic carbocycles. The van der Waals surface area contributed by atoms with Crippen molar-refractivity contribution in [3.63, 3.8) is 0 Å². The molecule has 0 saturated heterocycles. The van der Waals surface area contributed by atoms with Gasteiger partial charge in [-0.15, -0.1) is 0 Å². The third-order valence-electron chi connectivity index (χ3n) is 12.4. The molecule has 6 aliphatic rings. The number of hydrogen-bond donors (Lipinski definition) is 0. The van der Waals surface area contributed by atoms with E-state index >= 15 is 0 Å². The van der Waals surface area contributed by atoms with Crippen molar-refractivity contribution in [3.8, 4) is 11.1 Å². The minimum absolute atomic E-state index is 0.126. The molecular weight excluding hydrogens is 542 g/mol. The Labute approximate surface area is 269 Å². The Kier molecular flexibility index (Phi) is 6.15. The Hall–Kier alpha value is -3.84. The van der Waals surface area contributed by atoms with E-state index in [1.165, 1.54) is 71.4 Å². The fraction of sp³-hybridized carbons (Fsp3) is 0.364. The van der Waals surface area contributed by atoms with E-state index < -0.39 is 0 Å². The summed E-state index contributed by atoms with van der Waals surface area (Å²) in [4.78, 5) is 2.51. The van der Waals surface area contributed by atoms with Crippen LogP contribution in [0.15, 0.2) is 121 Å². The monoisotopic (exact) mass is 587 g/mol. The zero-order valence-corrected chi connectivity index (χ0v) is 27.0. The Balaban J connectivity index is 1.16. The molecule has 1 atom stereocenters. The van der Waals surface area contributed by atoms with E-state index in [-0.39, 0.29) is 10.8 Å². The fourth-order valence-corrected chi connectivity index (χ4v) is 10.6. The minimum Gasteiger partial charge on any atom is -0.311 e. The predicted molar refractivity (Wildman–Crippen MR) is 188 cm³/mol. The molecule has 4 bridgehead atoms. The van der Waals surface area contributed by atoms with Crippen LogP contribution in [0, 0.1) is 23.7 Å². The molecule has 0 radical (unpaired) electrons. The average Bonchev–Trinajstić information content (AvgIpc) is 3.34. The van der Waals surface area contributed by atoms with Gasteiger partial charge in [0.1, 0.15) is 0 Å². The third-order valence-corrected chi connectivity index (χ3v) is 12.4. The quantitative estimate of drug-likeness (QED) is 0.230. The third kappa shape index (κ3) is 4.19. The van der Waals surface area contributed by atoms with Crippen molar-refractivity contribution < 1.29 is 0 Å². The van der Waals surface area contributed by atoms with Gasteiger partial charge >= 0.3 is 0 Å². The number of hydrogen-bond acceptors (Lipinski definition) is 1. The van der Waals surface area contributed by atoms with E-state index in [0.29, 0.717) is 5.92 Å². The Morgan fingerprint density at radius 3 is 1.96 bits per heavy atom. The lowest BCUT2D eigenvalue weighted by Gasteiger charge is -2.61. The van der Waals surface area contributed by atoms with Crippen molar-refractivity contribution in [1.82, 2.24) is 0 Å². The summed E-state index contributed by atoms with van der Waals surface area (Å²) in [6.45, 7) is 6.90. The SMILES string of the molecule is CC(C)(C)c1ccc(N(C2=CCC(c3ccccc3)C=C2)c2ccc3c(c2)-c2ccccc2C32C3CC4CC(C3)CC2C4)cc1. The molecule has 1 nitrogen and oxygen atoms in total. The predicted octanol–water partition coefficient (Wildman–Crippen LogP) is 11.5. The molecule has 1 unspecified atom stereocenters. The van der Waals surface area contributed by atoms with Crippen molar-refractivity contribution in [2.75, 3.05) is 4.90 Å². The molecule has 0 aromatic heterocycles. The average molecular weight is 588 g/mol. The summed E-state index contributed by atoms with van der Waals surface area (Å²) >= 11 is 0. The maximum absolute atomic E-state index is 2.56. The highest BCUT2D eigenvalue weighted by molar-refractivity contribution is 5.86. The van der Waals surface area contributed by atoms with E-state index in [1.54, 1.807) is 11.1 Å². The summed E-state index contributed by atoms with van der Waals surface area (Å²) in [5, 5.41) is 0. The Bertz CT molecular complexity index is 1790. The lowest BCUT2D eigenvalue weighted by Crippen LogP contribution is -2.55. The van der Waals surface area contributed by atoms with Crippen molar-refractivity contribution >= 4 is 11.4 Å².